The lowest BCUT2D eigenvalue weighted by Gasteiger charge is -2.22. The fraction of sp³-hybridized carbons (Fsp3) is 0.538. The first-order valence-corrected chi connectivity index (χ1v) is 5.43. The summed E-state index contributed by atoms with van der Waals surface area (Å²) in [6.45, 7) is 5.86. The van der Waals surface area contributed by atoms with E-state index in [1.54, 1.807) is 7.11 Å². The van der Waals surface area contributed by atoms with Crippen LogP contribution in [0.15, 0.2) is 12.1 Å². The Hall–Kier alpha value is -1.06. The molecule has 3 heteroatoms. The molecule has 0 aliphatic rings. The second-order valence-electron chi connectivity index (χ2n) is 4.75. The molecule has 16 heavy (non-hydrogen) atoms. The van der Waals surface area contributed by atoms with Crippen molar-refractivity contribution in [3.05, 3.63) is 28.8 Å². The molecule has 0 aliphatic heterocycles. The minimum Gasteiger partial charge on any atom is -0.496 e. The van der Waals surface area contributed by atoms with E-state index >= 15 is 0 Å². The molecule has 0 aliphatic carbocycles. The number of aryl methyl sites for hydroxylation is 2. The van der Waals surface area contributed by atoms with Crippen LogP contribution in [0.25, 0.3) is 0 Å². The third kappa shape index (κ3) is 2.97. The first-order valence-electron chi connectivity index (χ1n) is 5.43. The summed E-state index contributed by atoms with van der Waals surface area (Å²) in [6, 6.07) is 4.12. The maximum Gasteiger partial charge on any atom is 0.124 e. The van der Waals surface area contributed by atoms with Crippen LogP contribution in [0.1, 0.15) is 23.6 Å². The molecule has 0 bridgehead atoms. The number of ether oxygens (including phenoxy) is 1. The summed E-state index contributed by atoms with van der Waals surface area (Å²) in [5, 5.41) is 9.15. The number of aliphatic hydroxyl groups excluding tert-OH is 1. The first-order chi connectivity index (χ1) is 7.39. The van der Waals surface area contributed by atoms with E-state index < -0.39 is 5.54 Å². The van der Waals surface area contributed by atoms with Crippen LogP contribution in [0.2, 0.25) is 0 Å². The second-order valence-corrected chi connectivity index (χ2v) is 4.75. The highest BCUT2D eigenvalue weighted by Crippen LogP contribution is 2.25. The highest BCUT2D eigenvalue weighted by Gasteiger charge is 2.18. The quantitative estimate of drug-likeness (QED) is 0.814. The Bertz CT molecular complexity index is 349. The Morgan fingerprint density at radius 3 is 2.19 bits per heavy atom. The smallest absolute Gasteiger partial charge is 0.124 e. The molecule has 1 rings (SSSR count). The van der Waals surface area contributed by atoms with Crippen molar-refractivity contribution in [2.24, 2.45) is 5.73 Å². The van der Waals surface area contributed by atoms with Gasteiger partial charge in [0.05, 0.1) is 13.7 Å². The molecule has 0 aromatic heterocycles. The number of hydrogen-bond donors (Lipinski definition) is 2. The van der Waals surface area contributed by atoms with Crippen molar-refractivity contribution in [3.8, 4) is 5.75 Å². The third-order valence-electron chi connectivity index (χ3n) is 2.69. The summed E-state index contributed by atoms with van der Waals surface area (Å²) in [6.07, 6.45) is 0.662. The van der Waals surface area contributed by atoms with Gasteiger partial charge in [0.2, 0.25) is 0 Å². The number of hydrogen-bond acceptors (Lipinski definition) is 3. The van der Waals surface area contributed by atoms with Gasteiger partial charge in [-0.15, -0.1) is 0 Å². The van der Waals surface area contributed by atoms with E-state index in [0.717, 1.165) is 22.4 Å². The molecule has 0 heterocycles. The van der Waals surface area contributed by atoms with Crippen LogP contribution in [0.5, 0.6) is 5.75 Å². The maximum atomic E-state index is 9.15. The van der Waals surface area contributed by atoms with E-state index in [9.17, 15) is 0 Å². The van der Waals surface area contributed by atoms with E-state index in [4.69, 9.17) is 15.6 Å². The fourth-order valence-corrected chi connectivity index (χ4v) is 1.99. The van der Waals surface area contributed by atoms with Crippen molar-refractivity contribution < 1.29 is 9.84 Å². The molecule has 0 saturated heterocycles. The minimum absolute atomic E-state index is 0.0167. The average molecular weight is 223 g/mol. The van der Waals surface area contributed by atoms with Crippen LogP contribution in [0.4, 0.5) is 0 Å². The summed E-state index contributed by atoms with van der Waals surface area (Å²) in [5.41, 5.74) is 8.72. The van der Waals surface area contributed by atoms with Gasteiger partial charge in [-0.3, -0.25) is 0 Å². The highest BCUT2D eigenvalue weighted by atomic mass is 16.5. The molecule has 3 nitrogen and oxygen atoms in total. The van der Waals surface area contributed by atoms with Crippen molar-refractivity contribution >= 4 is 0 Å². The highest BCUT2D eigenvalue weighted by molar-refractivity contribution is 5.43. The van der Waals surface area contributed by atoms with Crippen molar-refractivity contribution in [2.45, 2.75) is 32.7 Å². The van der Waals surface area contributed by atoms with Crippen LogP contribution in [0.3, 0.4) is 0 Å². The summed E-state index contributed by atoms with van der Waals surface area (Å²) >= 11 is 0. The maximum absolute atomic E-state index is 9.15. The van der Waals surface area contributed by atoms with Crippen LogP contribution in [-0.4, -0.2) is 24.4 Å². The number of benzene rings is 1. The lowest BCUT2D eigenvalue weighted by Crippen LogP contribution is -2.42. The van der Waals surface area contributed by atoms with Gasteiger partial charge in [-0.2, -0.15) is 0 Å². The zero-order valence-electron chi connectivity index (χ0n) is 10.5. The monoisotopic (exact) mass is 223 g/mol. The Labute approximate surface area is 97.2 Å². The largest absolute Gasteiger partial charge is 0.496 e. The molecule has 0 radical (unpaired) electrons. The van der Waals surface area contributed by atoms with Gasteiger partial charge < -0.3 is 15.6 Å². The third-order valence-corrected chi connectivity index (χ3v) is 2.69. The van der Waals surface area contributed by atoms with E-state index in [1.807, 2.05) is 20.8 Å². The van der Waals surface area contributed by atoms with Crippen molar-refractivity contribution in [3.63, 3.8) is 0 Å². The average Bonchev–Trinajstić information content (AvgIpc) is 2.16. The van der Waals surface area contributed by atoms with E-state index in [1.165, 1.54) is 0 Å². The molecule has 1 unspecified atom stereocenters. The van der Waals surface area contributed by atoms with Gasteiger partial charge in [0.1, 0.15) is 5.75 Å². The lowest BCUT2D eigenvalue weighted by molar-refractivity contribution is 0.208. The van der Waals surface area contributed by atoms with E-state index in [2.05, 4.69) is 12.1 Å². The molecule has 0 amide bonds. The fourth-order valence-electron chi connectivity index (χ4n) is 1.99. The predicted octanol–water partition coefficient (Wildman–Crippen LogP) is 1.56. The molecule has 1 atom stereocenters. The zero-order valence-corrected chi connectivity index (χ0v) is 10.5. The van der Waals surface area contributed by atoms with Crippen LogP contribution < -0.4 is 10.5 Å². The molecule has 0 fully saturated rings. The van der Waals surface area contributed by atoms with Gasteiger partial charge in [0, 0.05) is 5.54 Å². The summed E-state index contributed by atoms with van der Waals surface area (Å²) in [5.74, 6) is 0.923. The lowest BCUT2D eigenvalue weighted by atomic mass is 9.92. The van der Waals surface area contributed by atoms with Gasteiger partial charge >= 0.3 is 0 Å². The molecule has 0 saturated carbocycles. The minimum atomic E-state index is -0.562. The van der Waals surface area contributed by atoms with Gasteiger partial charge in [0.25, 0.3) is 0 Å². The van der Waals surface area contributed by atoms with Gasteiger partial charge in [0.15, 0.2) is 0 Å². The van der Waals surface area contributed by atoms with Crippen LogP contribution in [0, 0.1) is 13.8 Å². The normalized spacial score (nSPS) is 14.6. The van der Waals surface area contributed by atoms with Crippen molar-refractivity contribution in [1.82, 2.24) is 0 Å². The Balaban J connectivity index is 3.00. The molecule has 90 valence electrons. The first kappa shape index (κ1) is 13.0. The van der Waals surface area contributed by atoms with Crippen LogP contribution in [-0.2, 0) is 6.42 Å². The number of methoxy groups -OCH3 is 1. The Morgan fingerprint density at radius 1 is 1.31 bits per heavy atom. The summed E-state index contributed by atoms with van der Waals surface area (Å²) in [7, 11) is 1.68. The Kier molecular flexibility index (Phi) is 3.94. The van der Waals surface area contributed by atoms with Gasteiger partial charge in [-0.05, 0) is 43.9 Å². The topological polar surface area (TPSA) is 55.5 Å². The number of aliphatic hydroxyl groups is 1. The van der Waals surface area contributed by atoms with E-state index in [0.29, 0.717) is 6.42 Å². The molecule has 0 spiro atoms. The van der Waals surface area contributed by atoms with Gasteiger partial charge in [-0.1, -0.05) is 12.1 Å². The molecule has 3 N–H and O–H groups in total. The number of nitrogens with two attached hydrogens (primary N) is 1. The zero-order chi connectivity index (χ0) is 12.3. The van der Waals surface area contributed by atoms with Crippen LogP contribution >= 0.6 is 0 Å². The molecule has 1 aromatic carbocycles. The van der Waals surface area contributed by atoms with Crippen molar-refractivity contribution in [1.29, 1.82) is 0 Å². The molecular weight excluding hydrogens is 202 g/mol. The second kappa shape index (κ2) is 4.85. The van der Waals surface area contributed by atoms with Crippen molar-refractivity contribution in [2.75, 3.05) is 13.7 Å². The van der Waals surface area contributed by atoms with E-state index in [-0.39, 0.29) is 6.61 Å². The summed E-state index contributed by atoms with van der Waals surface area (Å²) < 4.78 is 5.31. The molecular formula is C13H21NO2. The Morgan fingerprint density at radius 2 is 1.81 bits per heavy atom. The molecule has 1 aromatic rings. The number of rotatable bonds is 4. The summed E-state index contributed by atoms with van der Waals surface area (Å²) in [4.78, 5) is 0. The van der Waals surface area contributed by atoms with Gasteiger partial charge in [-0.25, -0.2) is 0 Å². The standard InChI is InChI=1S/C13H21NO2/c1-9-5-11(7-13(3,14)8-15)6-10(2)12(9)16-4/h5-6,15H,7-8,14H2,1-4H3. The SMILES string of the molecule is COc1c(C)cc(CC(C)(N)CO)cc1C. The predicted molar refractivity (Wildman–Crippen MR) is 65.9 cm³/mol.